The van der Waals surface area contributed by atoms with Crippen molar-refractivity contribution in [3.05, 3.63) is 78.8 Å². The van der Waals surface area contributed by atoms with Gasteiger partial charge in [-0.15, -0.1) is 0 Å². The fourth-order valence-corrected chi connectivity index (χ4v) is 2.58. The van der Waals surface area contributed by atoms with Crippen LogP contribution in [0.1, 0.15) is 5.56 Å². The lowest BCUT2D eigenvalue weighted by molar-refractivity contribution is 0.628. The Balaban J connectivity index is 1.59. The first-order chi connectivity index (χ1) is 12.8. The molecule has 128 valence electrons. The summed E-state index contributed by atoms with van der Waals surface area (Å²) in [7, 11) is 0. The number of pyridine rings is 1. The molecule has 0 aliphatic heterocycles. The molecule has 4 rings (SSSR count). The van der Waals surface area contributed by atoms with Crippen molar-refractivity contribution in [1.29, 1.82) is 0 Å². The standard InChI is InChI=1S/C19H15FN6/c20-15-5-3-14(4-6-15)17-18(25-12-24-17)16-7-9-22-19(26-16)23-11-13-2-1-8-21-10-13/h1-10,12H,11H2,(H,24,25)(H,22,23,26). The first-order valence-corrected chi connectivity index (χ1v) is 8.05. The Labute approximate surface area is 149 Å². The molecule has 0 amide bonds. The van der Waals surface area contributed by atoms with Gasteiger partial charge in [0, 0.05) is 30.7 Å². The van der Waals surface area contributed by atoms with Crippen LogP contribution in [0.3, 0.4) is 0 Å². The van der Waals surface area contributed by atoms with E-state index in [4.69, 9.17) is 0 Å². The number of anilines is 1. The second kappa shape index (κ2) is 7.10. The average Bonchev–Trinajstić information content (AvgIpc) is 3.18. The van der Waals surface area contributed by atoms with E-state index in [1.54, 1.807) is 43.1 Å². The van der Waals surface area contributed by atoms with Gasteiger partial charge in [0.25, 0.3) is 0 Å². The molecular weight excluding hydrogens is 331 g/mol. The summed E-state index contributed by atoms with van der Waals surface area (Å²) >= 11 is 0. The van der Waals surface area contributed by atoms with Crippen molar-refractivity contribution in [3.63, 3.8) is 0 Å². The third kappa shape index (κ3) is 3.41. The second-order valence-corrected chi connectivity index (χ2v) is 5.61. The van der Waals surface area contributed by atoms with Crippen LogP contribution in [0.15, 0.2) is 67.4 Å². The van der Waals surface area contributed by atoms with Crippen molar-refractivity contribution < 1.29 is 4.39 Å². The van der Waals surface area contributed by atoms with Gasteiger partial charge in [-0.2, -0.15) is 0 Å². The lowest BCUT2D eigenvalue weighted by Crippen LogP contribution is -2.04. The molecule has 2 N–H and O–H groups in total. The lowest BCUT2D eigenvalue weighted by atomic mass is 10.1. The maximum absolute atomic E-state index is 13.2. The number of nitrogens with one attached hydrogen (secondary N) is 2. The number of nitrogens with zero attached hydrogens (tertiary/aromatic N) is 4. The van der Waals surface area contributed by atoms with E-state index in [1.807, 2.05) is 12.1 Å². The van der Waals surface area contributed by atoms with Gasteiger partial charge in [0.15, 0.2) is 0 Å². The highest BCUT2D eigenvalue weighted by molar-refractivity contribution is 5.76. The number of hydrogen-bond donors (Lipinski definition) is 2. The molecule has 0 radical (unpaired) electrons. The fourth-order valence-electron chi connectivity index (χ4n) is 2.58. The van der Waals surface area contributed by atoms with Crippen LogP contribution in [0.5, 0.6) is 0 Å². The molecule has 0 aliphatic carbocycles. The normalized spacial score (nSPS) is 10.7. The lowest BCUT2D eigenvalue weighted by Gasteiger charge is -2.07. The van der Waals surface area contributed by atoms with Crippen LogP contribution in [0, 0.1) is 5.82 Å². The third-order valence-corrected chi connectivity index (χ3v) is 3.84. The molecule has 0 aliphatic rings. The summed E-state index contributed by atoms with van der Waals surface area (Å²) in [4.78, 5) is 20.3. The van der Waals surface area contributed by atoms with Gasteiger partial charge in [-0.05, 0) is 42.0 Å². The molecule has 0 fully saturated rings. The van der Waals surface area contributed by atoms with Crippen molar-refractivity contribution in [2.75, 3.05) is 5.32 Å². The predicted molar refractivity (Wildman–Crippen MR) is 96.6 cm³/mol. The summed E-state index contributed by atoms with van der Waals surface area (Å²) in [6.07, 6.45) is 6.80. The number of imidazole rings is 1. The SMILES string of the molecule is Fc1ccc(-c2nc[nH]c2-c2ccnc(NCc3cccnc3)n2)cc1. The highest BCUT2D eigenvalue weighted by Crippen LogP contribution is 2.28. The molecule has 3 aromatic heterocycles. The van der Waals surface area contributed by atoms with Crippen molar-refractivity contribution in [2.45, 2.75) is 6.54 Å². The summed E-state index contributed by atoms with van der Waals surface area (Å²) < 4.78 is 13.2. The maximum Gasteiger partial charge on any atom is 0.223 e. The Morgan fingerprint density at radius 1 is 1.00 bits per heavy atom. The van der Waals surface area contributed by atoms with E-state index in [2.05, 4.69) is 30.2 Å². The summed E-state index contributed by atoms with van der Waals surface area (Å²) in [5, 5.41) is 3.18. The molecule has 1 aromatic carbocycles. The zero-order chi connectivity index (χ0) is 17.8. The average molecular weight is 346 g/mol. The summed E-state index contributed by atoms with van der Waals surface area (Å²) in [5.41, 5.74) is 4.01. The van der Waals surface area contributed by atoms with E-state index in [0.717, 1.165) is 16.8 Å². The molecule has 0 unspecified atom stereocenters. The van der Waals surface area contributed by atoms with Crippen LogP contribution in [0.2, 0.25) is 0 Å². The number of aromatic amines is 1. The van der Waals surface area contributed by atoms with Crippen LogP contribution in [-0.4, -0.2) is 24.9 Å². The number of aromatic nitrogens is 5. The zero-order valence-electron chi connectivity index (χ0n) is 13.7. The van der Waals surface area contributed by atoms with E-state index in [9.17, 15) is 4.39 Å². The fraction of sp³-hybridized carbons (Fsp3) is 0.0526. The molecule has 0 saturated heterocycles. The Bertz CT molecular complexity index is 998. The molecule has 0 saturated carbocycles. The van der Waals surface area contributed by atoms with Gasteiger partial charge >= 0.3 is 0 Å². The molecule has 26 heavy (non-hydrogen) atoms. The van der Waals surface area contributed by atoms with Crippen LogP contribution < -0.4 is 5.32 Å². The maximum atomic E-state index is 13.2. The molecule has 0 bridgehead atoms. The van der Waals surface area contributed by atoms with Crippen molar-refractivity contribution >= 4 is 5.95 Å². The number of rotatable bonds is 5. The quantitative estimate of drug-likeness (QED) is 0.576. The van der Waals surface area contributed by atoms with E-state index in [0.29, 0.717) is 23.9 Å². The first kappa shape index (κ1) is 15.9. The highest BCUT2D eigenvalue weighted by Gasteiger charge is 2.12. The topological polar surface area (TPSA) is 79.4 Å². The molecule has 0 spiro atoms. The largest absolute Gasteiger partial charge is 0.350 e. The number of halogens is 1. The Morgan fingerprint density at radius 2 is 1.88 bits per heavy atom. The number of hydrogen-bond acceptors (Lipinski definition) is 5. The zero-order valence-corrected chi connectivity index (χ0v) is 13.7. The monoisotopic (exact) mass is 346 g/mol. The second-order valence-electron chi connectivity index (χ2n) is 5.61. The smallest absolute Gasteiger partial charge is 0.223 e. The van der Waals surface area contributed by atoms with Gasteiger partial charge in [0.1, 0.15) is 5.82 Å². The number of H-pyrrole nitrogens is 1. The van der Waals surface area contributed by atoms with Crippen LogP contribution in [0.4, 0.5) is 10.3 Å². The predicted octanol–water partition coefficient (Wildman–Crippen LogP) is 3.68. The molecule has 6 nitrogen and oxygen atoms in total. The molecule has 3 heterocycles. The van der Waals surface area contributed by atoms with Crippen LogP contribution >= 0.6 is 0 Å². The van der Waals surface area contributed by atoms with Gasteiger partial charge in [-0.3, -0.25) is 4.98 Å². The van der Waals surface area contributed by atoms with Crippen molar-refractivity contribution in [3.8, 4) is 22.6 Å². The molecule has 7 heteroatoms. The Hall–Kier alpha value is -3.61. The van der Waals surface area contributed by atoms with Crippen molar-refractivity contribution in [1.82, 2.24) is 24.9 Å². The Kier molecular flexibility index (Phi) is 4.34. The minimum absolute atomic E-state index is 0.283. The first-order valence-electron chi connectivity index (χ1n) is 8.05. The molecule has 4 aromatic rings. The van der Waals surface area contributed by atoms with E-state index in [-0.39, 0.29) is 5.82 Å². The van der Waals surface area contributed by atoms with Gasteiger partial charge < -0.3 is 10.3 Å². The van der Waals surface area contributed by atoms with Gasteiger partial charge in [-0.1, -0.05) is 6.07 Å². The van der Waals surface area contributed by atoms with Gasteiger partial charge in [-0.25, -0.2) is 19.3 Å². The van der Waals surface area contributed by atoms with Gasteiger partial charge in [0.2, 0.25) is 5.95 Å². The summed E-state index contributed by atoms with van der Waals surface area (Å²) in [6.45, 7) is 0.574. The Morgan fingerprint density at radius 3 is 2.69 bits per heavy atom. The minimum Gasteiger partial charge on any atom is -0.350 e. The molecule has 0 atom stereocenters. The minimum atomic E-state index is -0.283. The molecular formula is C19H15FN6. The van der Waals surface area contributed by atoms with Crippen LogP contribution in [0.25, 0.3) is 22.6 Å². The van der Waals surface area contributed by atoms with E-state index in [1.165, 1.54) is 12.1 Å². The summed E-state index contributed by atoms with van der Waals surface area (Å²) in [6, 6.07) is 11.9. The van der Waals surface area contributed by atoms with Gasteiger partial charge in [0.05, 0.1) is 23.4 Å². The summed E-state index contributed by atoms with van der Waals surface area (Å²) in [5.74, 6) is 0.223. The van der Waals surface area contributed by atoms with Crippen molar-refractivity contribution in [2.24, 2.45) is 0 Å². The number of benzene rings is 1. The highest BCUT2D eigenvalue weighted by atomic mass is 19.1. The third-order valence-electron chi connectivity index (χ3n) is 3.84. The van der Waals surface area contributed by atoms with E-state index < -0.39 is 0 Å². The van der Waals surface area contributed by atoms with E-state index >= 15 is 0 Å². The van der Waals surface area contributed by atoms with Crippen LogP contribution in [-0.2, 0) is 6.54 Å².